The van der Waals surface area contributed by atoms with Crippen molar-refractivity contribution < 1.29 is 0 Å². The summed E-state index contributed by atoms with van der Waals surface area (Å²) in [5, 5.41) is 3.40. The van der Waals surface area contributed by atoms with Crippen LogP contribution in [0.4, 0.5) is 5.82 Å². The highest BCUT2D eigenvalue weighted by atomic mass is 15.0. The average Bonchev–Trinajstić information content (AvgIpc) is 2.26. The second kappa shape index (κ2) is 5.99. The van der Waals surface area contributed by atoms with Crippen LogP contribution in [0.1, 0.15) is 70.0 Å². The monoisotopic (exact) mass is 235 g/mol. The van der Waals surface area contributed by atoms with E-state index in [1.807, 2.05) is 0 Å². The molecule has 0 saturated heterocycles. The number of rotatable bonds is 5. The van der Waals surface area contributed by atoms with Crippen molar-refractivity contribution in [2.75, 3.05) is 11.9 Å². The van der Waals surface area contributed by atoms with E-state index in [0.717, 1.165) is 24.6 Å². The van der Waals surface area contributed by atoms with Gasteiger partial charge < -0.3 is 5.32 Å². The van der Waals surface area contributed by atoms with E-state index in [-0.39, 0.29) is 0 Å². The summed E-state index contributed by atoms with van der Waals surface area (Å²) in [6.45, 7) is 13.9. The Labute approximate surface area is 105 Å². The fourth-order valence-electron chi connectivity index (χ4n) is 1.79. The van der Waals surface area contributed by atoms with Gasteiger partial charge in [-0.05, 0) is 19.3 Å². The molecule has 0 aliphatic heterocycles. The lowest BCUT2D eigenvalue weighted by Gasteiger charge is -2.17. The molecule has 3 nitrogen and oxygen atoms in total. The predicted molar refractivity (Wildman–Crippen MR) is 73.7 cm³/mol. The van der Waals surface area contributed by atoms with Crippen molar-refractivity contribution in [3.05, 3.63) is 17.1 Å². The Kier molecular flexibility index (Phi) is 4.91. The molecule has 0 saturated carbocycles. The van der Waals surface area contributed by atoms with Gasteiger partial charge in [-0.15, -0.1) is 0 Å². The Balaban J connectivity index is 3.18. The quantitative estimate of drug-likeness (QED) is 0.842. The van der Waals surface area contributed by atoms with Crippen molar-refractivity contribution in [2.24, 2.45) is 0 Å². The van der Waals surface area contributed by atoms with E-state index in [1.54, 1.807) is 0 Å². The second-order valence-corrected chi connectivity index (χ2v) is 5.18. The Bertz CT molecular complexity index is 370. The number of hydrogen-bond donors (Lipinski definition) is 1. The molecule has 0 spiro atoms. The summed E-state index contributed by atoms with van der Waals surface area (Å²) in [5.41, 5.74) is 2.36. The maximum atomic E-state index is 4.69. The molecule has 0 radical (unpaired) electrons. The number of aromatic nitrogens is 2. The van der Waals surface area contributed by atoms with Gasteiger partial charge in [0.1, 0.15) is 11.6 Å². The smallest absolute Gasteiger partial charge is 0.133 e. The average molecular weight is 235 g/mol. The van der Waals surface area contributed by atoms with Gasteiger partial charge in [-0.2, -0.15) is 0 Å². The molecule has 0 aliphatic carbocycles. The summed E-state index contributed by atoms with van der Waals surface area (Å²) >= 11 is 0. The summed E-state index contributed by atoms with van der Waals surface area (Å²) in [6, 6.07) is 0. The first-order valence-electron chi connectivity index (χ1n) is 6.59. The molecule has 3 heteroatoms. The minimum atomic E-state index is 0.371. The normalized spacial score (nSPS) is 11.3. The molecule has 0 atom stereocenters. The summed E-state index contributed by atoms with van der Waals surface area (Å²) in [4.78, 5) is 9.32. The Morgan fingerprint density at radius 2 is 1.71 bits per heavy atom. The molecule has 0 aliphatic rings. The maximum absolute atomic E-state index is 4.69. The zero-order valence-electron chi connectivity index (χ0n) is 12.0. The fourth-order valence-corrected chi connectivity index (χ4v) is 1.79. The van der Waals surface area contributed by atoms with Crippen molar-refractivity contribution in [2.45, 2.75) is 59.8 Å². The fraction of sp³-hybridized carbons (Fsp3) is 0.714. The Hall–Kier alpha value is -1.12. The molecular formula is C14H25N3. The van der Waals surface area contributed by atoms with Crippen LogP contribution in [-0.2, 0) is 0 Å². The molecule has 1 aromatic heterocycles. The summed E-state index contributed by atoms with van der Waals surface area (Å²) in [7, 11) is 0. The van der Waals surface area contributed by atoms with E-state index >= 15 is 0 Å². The third kappa shape index (κ3) is 3.42. The van der Waals surface area contributed by atoms with Crippen LogP contribution < -0.4 is 5.32 Å². The van der Waals surface area contributed by atoms with Crippen LogP contribution in [0.2, 0.25) is 0 Å². The van der Waals surface area contributed by atoms with Gasteiger partial charge in [-0.1, -0.05) is 34.6 Å². The van der Waals surface area contributed by atoms with Crippen molar-refractivity contribution in [3.8, 4) is 0 Å². The van der Waals surface area contributed by atoms with Crippen LogP contribution in [0.3, 0.4) is 0 Å². The largest absolute Gasteiger partial charge is 0.370 e. The molecule has 96 valence electrons. The third-order valence-electron chi connectivity index (χ3n) is 2.81. The first-order chi connectivity index (χ1) is 7.97. The lowest BCUT2D eigenvalue weighted by molar-refractivity contribution is 0.722. The number of nitrogens with one attached hydrogen (secondary N) is 1. The summed E-state index contributed by atoms with van der Waals surface area (Å²) < 4.78 is 0. The van der Waals surface area contributed by atoms with Crippen molar-refractivity contribution >= 4 is 5.82 Å². The summed E-state index contributed by atoms with van der Waals surface area (Å²) in [5.74, 6) is 2.76. The molecule has 0 bridgehead atoms. The highest BCUT2D eigenvalue weighted by Gasteiger charge is 2.14. The van der Waals surface area contributed by atoms with Gasteiger partial charge in [0.05, 0.1) is 5.69 Å². The van der Waals surface area contributed by atoms with E-state index in [4.69, 9.17) is 0 Å². The van der Waals surface area contributed by atoms with Gasteiger partial charge in [-0.3, -0.25) is 0 Å². The topological polar surface area (TPSA) is 37.8 Å². The standard InChI is InChI=1S/C14H25N3/c1-7-8-15-14-11(6)12(9(2)3)16-13(17-14)10(4)5/h9-10H,7-8H2,1-6H3,(H,15,16,17). The summed E-state index contributed by atoms with van der Waals surface area (Å²) in [6.07, 6.45) is 1.11. The molecule has 0 fully saturated rings. The Morgan fingerprint density at radius 3 is 2.18 bits per heavy atom. The van der Waals surface area contributed by atoms with Gasteiger partial charge in [-0.25, -0.2) is 9.97 Å². The van der Waals surface area contributed by atoms with Crippen LogP contribution in [0.15, 0.2) is 0 Å². The van der Waals surface area contributed by atoms with E-state index in [9.17, 15) is 0 Å². The molecule has 0 amide bonds. The van der Waals surface area contributed by atoms with Crippen molar-refractivity contribution in [3.63, 3.8) is 0 Å². The first kappa shape index (κ1) is 13.9. The highest BCUT2D eigenvalue weighted by Crippen LogP contribution is 2.24. The van der Waals surface area contributed by atoms with Crippen LogP contribution >= 0.6 is 0 Å². The minimum Gasteiger partial charge on any atom is -0.370 e. The molecule has 1 aromatic rings. The van der Waals surface area contributed by atoms with Gasteiger partial charge >= 0.3 is 0 Å². The number of hydrogen-bond acceptors (Lipinski definition) is 3. The van der Waals surface area contributed by atoms with E-state index in [1.165, 1.54) is 11.3 Å². The molecule has 1 N–H and O–H groups in total. The lowest BCUT2D eigenvalue weighted by atomic mass is 10.0. The zero-order chi connectivity index (χ0) is 13.0. The van der Waals surface area contributed by atoms with Crippen molar-refractivity contribution in [1.82, 2.24) is 9.97 Å². The zero-order valence-corrected chi connectivity index (χ0v) is 12.0. The van der Waals surface area contributed by atoms with Gasteiger partial charge in [0.2, 0.25) is 0 Å². The van der Waals surface area contributed by atoms with E-state index in [0.29, 0.717) is 11.8 Å². The lowest BCUT2D eigenvalue weighted by Crippen LogP contribution is -2.12. The molecule has 1 heterocycles. The van der Waals surface area contributed by atoms with Crippen LogP contribution in [0, 0.1) is 6.92 Å². The molecule has 1 rings (SSSR count). The van der Waals surface area contributed by atoms with Crippen LogP contribution in [0.5, 0.6) is 0 Å². The molecule has 0 aromatic carbocycles. The van der Waals surface area contributed by atoms with Crippen LogP contribution in [0.25, 0.3) is 0 Å². The molecule has 17 heavy (non-hydrogen) atoms. The number of anilines is 1. The van der Waals surface area contributed by atoms with E-state index < -0.39 is 0 Å². The van der Waals surface area contributed by atoms with E-state index in [2.05, 4.69) is 56.8 Å². The predicted octanol–water partition coefficient (Wildman–Crippen LogP) is 3.85. The highest BCUT2D eigenvalue weighted by molar-refractivity contribution is 5.46. The van der Waals surface area contributed by atoms with Crippen molar-refractivity contribution in [1.29, 1.82) is 0 Å². The van der Waals surface area contributed by atoms with Gasteiger partial charge in [0, 0.05) is 18.0 Å². The van der Waals surface area contributed by atoms with Gasteiger partial charge in [0.25, 0.3) is 0 Å². The number of nitrogens with zero attached hydrogens (tertiary/aromatic N) is 2. The van der Waals surface area contributed by atoms with Gasteiger partial charge in [0.15, 0.2) is 0 Å². The third-order valence-corrected chi connectivity index (χ3v) is 2.81. The first-order valence-corrected chi connectivity index (χ1v) is 6.59. The van der Waals surface area contributed by atoms with Crippen LogP contribution in [-0.4, -0.2) is 16.5 Å². The minimum absolute atomic E-state index is 0.371. The second-order valence-electron chi connectivity index (χ2n) is 5.18. The SMILES string of the molecule is CCCNc1nc(C(C)C)nc(C(C)C)c1C. The molecular weight excluding hydrogens is 210 g/mol. The maximum Gasteiger partial charge on any atom is 0.133 e. The molecule has 0 unspecified atom stereocenters. The Morgan fingerprint density at radius 1 is 1.06 bits per heavy atom.